The van der Waals surface area contributed by atoms with Crippen LogP contribution >= 0.6 is 0 Å². The normalized spacial score (nSPS) is 11.3. The van der Waals surface area contributed by atoms with Crippen molar-refractivity contribution in [3.63, 3.8) is 0 Å². The van der Waals surface area contributed by atoms with Gasteiger partial charge >= 0.3 is 0 Å². The van der Waals surface area contributed by atoms with Gasteiger partial charge < -0.3 is 0 Å². The number of fused-ring (bicyclic) bond motifs is 3. The first-order valence-electron chi connectivity index (χ1n) is 24.2. The van der Waals surface area contributed by atoms with Crippen LogP contribution in [0.15, 0.2) is 261 Å². The number of nitrogens with zero attached hydrogens (tertiary/aromatic N) is 5. The van der Waals surface area contributed by atoms with Crippen molar-refractivity contribution in [3.8, 4) is 101 Å². The Morgan fingerprint density at radius 3 is 1.06 bits per heavy atom. The van der Waals surface area contributed by atoms with E-state index >= 15 is 0 Å². The summed E-state index contributed by atoms with van der Waals surface area (Å²) in [7, 11) is 0. The Morgan fingerprint density at radius 1 is 0.181 bits per heavy atom. The minimum absolute atomic E-state index is 0.635. The van der Waals surface area contributed by atoms with Crippen LogP contribution in [0, 0.1) is 0 Å². The van der Waals surface area contributed by atoms with E-state index in [2.05, 4.69) is 194 Å². The molecule has 2 heterocycles. The molecule has 0 unspecified atom stereocenters. The quantitative estimate of drug-likeness (QED) is 0.144. The summed E-state index contributed by atoms with van der Waals surface area (Å²) in [5.41, 5.74) is 14.7. The van der Waals surface area contributed by atoms with Crippen LogP contribution in [0.4, 0.5) is 0 Å². The molecule has 0 aliphatic rings. The Bertz CT molecular complexity index is 4060. The molecular weight excluding hydrogens is 875 g/mol. The molecule has 0 saturated carbocycles. The SMILES string of the molecule is c1ccc(-c2cc(-c3ccc(-c4ccc5c(-c6cccc7cc(-c8ccc(-c9nc(-c%10ccccc%10)nc(-c%10ccc%11ccccc%11c%10)n9)cc8)ccc67)cccc5c4)cc3)nc(-c3ccccc3)n2)cc1. The summed E-state index contributed by atoms with van der Waals surface area (Å²) in [6.45, 7) is 0. The number of aromatic nitrogens is 5. The van der Waals surface area contributed by atoms with Gasteiger partial charge in [-0.1, -0.05) is 237 Å². The predicted octanol–water partition coefficient (Wildman–Crippen LogP) is 17.1. The molecule has 13 aromatic rings. The summed E-state index contributed by atoms with van der Waals surface area (Å²) in [6.07, 6.45) is 0. The van der Waals surface area contributed by atoms with Gasteiger partial charge in [0.15, 0.2) is 23.3 Å². The highest BCUT2D eigenvalue weighted by molar-refractivity contribution is 6.07. The van der Waals surface area contributed by atoms with Crippen LogP contribution < -0.4 is 0 Å². The average Bonchev–Trinajstić information content (AvgIpc) is 3.47. The van der Waals surface area contributed by atoms with Crippen molar-refractivity contribution in [3.05, 3.63) is 261 Å². The van der Waals surface area contributed by atoms with E-state index in [0.29, 0.717) is 23.3 Å². The standard InChI is InChI=1S/C67H43N5/c1-4-15-47(16-5-1)62-43-63(69-64(68-62)49-17-6-2-7-18-49)48-31-26-45(27-32-48)53-36-38-58-55(40-53)22-12-24-60(58)61-25-13-23-56-41-54(37-39-59(56)61)46-28-33-51(34-29-46)66-70-65(50-19-8-3-9-20-50)71-67(72-66)57-35-30-44-14-10-11-21-52(44)42-57/h1-43H. The third-order valence-corrected chi connectivity index (χ3v) is 13.5. The molecule has 2 aromatic heterocycles. The molecule has 0 fully saturated rings. The highest BCUT2D eigenvalue weighted by Gasteiger charge is 2.16. The molecule has 0 spiro atoms. The van der Waals surface area contributed by atoms with E-state index in [-0.39, 0.29) is 0 Å². The van der Waals surface area contributed by atoms with Crippen molar-refractivity contribution >= 4 is 32.3 Å². The summed E-state index contributed by atoms with van der Waals surface area (Å²) >= 11 is 0. The molecule has 72 heavy (non-hydrogen) atoms. The Balaban J connectivity index is 0.785. The maximum atomic E-state index is 5.05. The van der Waals surface area contributed by atoms with E-state index in [4.69, 9.17) is 24.9 Å². The Morgan fingerprint density at radius 2 is 0.528 bits per heavy atom. The Labute approximate surface area is 417 Å². The molecule has 0 aliphatic carbocycles. The first-order chi connectivity index (χ1) is 35.6. The number of rotatable bonds is 9. The summed E-state index contributed by atoms with van der Waals surface area (Å²) < 4.78 is 0. The number of hydrogen-bond acceptors (Lipinski definition) is 5. The van der Waals surface area contributed by atoms with Crippen molar-refractivity contribution < 1.29 is 0 Å². The highest BCUT2D eigenvalue weighted by Crippen LogP contribution is 2.38. The fraction of sp³-hybridized carbons (Fsp3) is 0. The third-order valence-electron chi connectivity index (χ3n) is 13.5. The minimum Gasteiger partial charge on any atom is -0.228 e. The van der Waals surface area contributed by atoms with E-state index in [9.17, 15) is 0 Å². The lowest BCUT2D eigenvalue weighted by Crippen LogP contribution is -2.00. The lowest BCUT2D eigenvalue weighted by Gasteiger charge is -2.13. The average molecular weight is 918 g/mol. The van der Waals surface area contributed by atoms with Gasteiger partial charge in [0.25, 0.3) is 0 Å². The predicted molar refractivity (Wildman–Crippen MR) is 297 cm³/mol. The molecule has 5 heteroatoms. The Kier molecular flexibility index (Phi) is 10.8. The molecular formula is C67H43N5. The maximum absolute atomic E-state index is 5.05. The summed E-state index contributed by atoms with van der Waals surface area (Å²) in [5.74, 6) is 2.63. The molecule has 13 rings (SSSR count). The second kappa shape index (κ2) is 18.3. The second-order valence-corrected chi connectivity index (χ2v) is 18.1. The van der Waals surface area contributed by atoms with Crippen LogP contribution in [0.2, 0.25) is 0 Å². The van der Waals surface area contributed by atoms with Gasteiger partial charge in [-0.25, -0.2) is 24.9 Å². The molecule has 0 N–H and O–H groups in total. The topological polar surface area (TPSA) is 64.5 Å². The molecule has 0 bridgehead atoms. The van der Waals surface area contributed by atoms with Crippen molar-refractivity contribution in [2.24, 2.45) is 0 Å². The zero-order valence-corrected chi connectivity index (χ0v) is 39.1. The zero-order chi connectivity index (χ0) is 47.8. The molecule has 0 radical (unpaired) electrons. The minimum atomic E-state index is 0.635. The van der Waals surface area contributed by atoms with Crippen molar-refractivity contribution in [1.29, 1.82) is 0 Å². The first-order valence-corrected chi connectivity index (χ1v) is 24.2. The molecule has 0 atom stereocenters. The van der Waals surface area contributed by atoms with Crippen LogP contribution in [-0.4, -0.2) is 24.9 Å². The van der Waals surface area contributed by atoms with Gasteiger partial charge in [-0.05, 0) is 90.0 Å². The molecule has 336 valence electrons. The van der Waals surface area contributed by atoms with E-state index in [1.165, 1.54) is 38.1 Å². The number of benzene rings is 11. The van der Waals surface area contributed by atoms with E-state index in [0.717, 1.165) is 72.4 Å². The molecule has 5 nitrogen and oxygen atoms in total. The molecule has 0 amide bonds. The van der Waals surface area contributed by atoms with Gasteiger partial charge in [0.1, 0.15) is 0 Å². The molecule has 0 saturated heterocycles. The van der Waals surface area contributed by atoms with Gasteiger partial charge in [-0.15, -0.1) is 0 Å². The van der Waals surface area contributed by atoms with E-state index < -0.39 is 0 Å². The number of hydrogen-bond donors (Lipinski definition) is 0. The van der Waals surface area contributed by atoms with Crippen LogP contribution in [0.5, 0.6) is 0 Å². The maximum Gasteiger partial charge on any atom is 0.164 e. The van der Waals surface area contributed by atoms with Crippen LogP contribution in [0.3, 0.4) is 0 Å². The van der Waals surface area contributed by atoms with Gasteiger partial charge in [0.05, 0.1) is 11.4 Å². The molecule has 11 aromatic carbocycles. The van der Waals surface area contributed by atoms with Crippen LogP contribution in [-0.2, 0) is 0 Å². The van der Waals surface area contributed by atoms with E-state index in [1.807, 2.05) is 66.7 Å². The van der Waals surface area contributed by atoms with Crippen molar-refractivity contribution in [1.82, 2.24) is 24.9 Å². The van der Waals surface area contributed by atoms with Crippen LogP contribution in [0.25, 0.3) is 134 Å². The monoisotopic (exact) mass is 917 g/mol. The van der Waals surface area contributed by atoms with Gasteiger partial charge in [-0.3, -0.25) is 0 Å². The summed E-state index contributed by atoms with van der Waals surface area (Å²) in [4.78, 5) is 25.0. The van der Waals surface area contributed by atoms with Gasteiger partial charge in [0.2, 0.25) is 0 Å². The van der Waals surface area contributed by atoms with Crippen molar-refractivity contribution in [2.45, 2.75) is 0 Å². The summed E-state index contributed by atoms with van der Waals surface area (Å²) in [5, 5.41) is 7.12. The summed E-state index contributed by atoms with van der Waals surface area (Å²) in [6, 6.07) is 91.5. The fourth-order valence-corrected chi connectivity index (χ4v) is 9.79. The van der Waals surface area contributed by atoms with Gasteiger partial charge in [0, 0.05) is 33.4 Å². The first kappa shape index (κ1) is 42.4. The Hall–Kier alpha value is -9.71. The van der Waals surface area contributed by atoms with Gasteiger partial charge in [-0.2, -0.15) is 0 Å². The highest BCUT2D eigenvalue weighted by atomic mass is 15.0. The zero-order valence-electron chi connectivity index (χ0n) is 39.1. The molecule has 0 aliphatic heterocycles. The second-order valence-electron chi connectivity index (χ2n) is 18.1. The smallest absolute Gasteiger partial charge is 0.164 e. The van der Waals surface area contributed by atoms with Crippen LogP contribution in [0.1, 0.15) is 0 Å². The fourth-order valence-electron chi connectivity index (χ4n) is 9.79. The van der Waals surface area contributed by atoms with Crippen molar-refractivity contribution in [2.75, 3.05) is 0 Å². The largest absolute Gasteiger partial charge is 0.228 e. The third kappa shape index (κ3) is 8.25. The lowest BCUT2D eigenvalue weighted by atomic mass is 9.91. The lowest BCUT2D eigenvalue weighted by molar-refractivity contribution is 1.07. The van der Waals surface area contributed by atoms with E-state index in [1.54, 1.807) is 0 Å².